The molecule has 2 rings (SSSR count). The van der Waals surface area contributed by atoms with Crippen molar-refractivity contribution in [3.63, 3.8) is 0 Å². The average molecular weight is 313 g/mol. The first-order valence-electron chi connectivity index (χ1n) is 5.40. The predicted octanol–water partition coefficient (Wildman–Crippen LogP) is 3.97. The first kappa shape index (κ1) is 12.4. The van der Waals surface area contributed by atoms with Gasteiger partial charge in [0.05, 0.1) is 5.69 Å². The molecule has 0 aliphatic heterocycles. The molecule has 0 saturated heterocycles. The third-order valence-corrected chi connectivity index (χ3v) is 3.46. The largest absolute Gasteiger partial charge is 0.342 e. The summed E-state index contributed by atoms with van der Waals surface area (Å²) < 4.78 is 2.90. The second-order valence-electron chi connectivity index (χ2n) is 3.70. The summed E-state index contributed by atoms with van der Waals surface area (Å²) in [4.78, 5) is 12.1. The summed E-state index contributed by atoms with van der Waals surface area (Å²) >= 11 is 4.97. The molecule has 0 aliphatic carbocycles. The highest BCUT2D eigenvalue weighted by Crippen LogP contribution is 2.18. The van der Waals surface area contributed by atoms with Crippen molar-refractivity contribution in [2.45, 2.75) is 19.9 Å². The number of carbonyl (C=O) groups excluding carboxylic acids is 1. The monoisotopic (exact) mass is 312 g/mol. The Hall–Kier alpha value is -1.07. The van der Waals surface area contributed by atoms with Gasteiger partial charge in [0, 0.05) is 22.6 Å². The highest BCUT2D eigenvalue weighted by molar-refractivity contribution is 9.10. The highest BCUT2D eigenvalue weighted by atomic mass is 79.9. The molecule has 0 bridgehead atoms. The fourth-order valence-electron chi connectivity index (χ4n) is 1.62. The van der Waals surface area contributed by atoms with Crippen LogP contribution in [0.15, 0.2) is 33.6 Å². The summed E-state index contributed by atoms with van der Waals surface area (Å²) in [6.45, 7) is 2.94. The van der Waals surface area contributed by atoms with E-state index in [4.69, 9.17) is 0 Å². The highest BCUT2D eigenvalue weighted by Gasteiger charge is 2.12. The molecule has 2 heterocycles. The van der Waals surface area contributed by atoms with Crippen molar-refractivity contribution in [1.29, 1.82) is 0 Å². The smallest absolute Gasteiger partial charge is 0.272 e. The molecular formula is C12H13BrN2OS. The van der Waals surface area contributed by atoms with Crippen LogP contribution in [0, 0.1) is 0 Å². The minimum Gasteiger partial charge on any atom is -0.342 e. The molecule has 0 spiro atoms. The van der Waals surface area contributed by atoms with Crippen molar-refractivity contribution in [2.75, 3.05) is 5.32 Å². The molecule has 1 amide bonds. The van der Waals surface area contributed by atoms with Crippen LogP contribution in [0.5, 0.6) is 0 Å². The van der Waals surface area contributed by atoms with E-state index >= 15 is 0 Å². The molecule has 0 aromatic carbocycles. The summed E-state index contributed by atoms with van der Waals surface area (Å²) in [7, 11) is 0. The van der Waals surface area contributed by atoms with Crippen molar-refractivity contribution in [2.24, 2.45) is 0 Å². The minimum atomic E-state index is -0.0671. The van der Waals surface area contributed by atoms with E-state index in [2.05, 4.69) is 28.2 Å². The van der Waals surface area contributed by atoms with E-state index < -0.39 is 0 Å². The van der Waals surface area contributed by atoms with Crippen molar-refractivity contribution in [3.05, 3.63) is 39.3 Å². The van der Waals surface area contributed by atoms with Crippen molar-refractivity contribution < 1.29 is 4.79 Å². The molecule has 0 unspecified atom stereocenters. The van der Waals surface area contributed by atoms with Gasteiger partial charge in [-0.2, -0.15) is 11.3 Å². The van der Waals surface area contributed by atoms with Gasteiger partial charge < -0.3 is 9.88 Å². The molecule has 17 heavy (non-hydrogen) atoms. The fraction of sp³-hybridized carbons (Fsp3) is 0.250. The third-order valence-electron chi connectivity index (χ3n) is 2.34. The average Bonchev–Trinajstić information content (AvgIpc) is 2.88. The van der Waals surface area contributed by atoms with Crippen LogP contribution in [-0.4, -0.2) is 10.5 Å². The van der Waals surface area contributed by atoms with Crippen LogP contribution in [0.4, 0.5) is 5.69 Å². The Labute approximate surface area is 113 Å². The Morgan fingerprint density at radius 3 is 3.06 bits per heavy atom. The molecule has 5 heteroatoms. The summed E-state index contributed by atoms with van der Waals surface area (Å²) in [5, 5.41) is 6.74. The van der Waals surface area contributed by atoms with Crippen LogP contribution >= 0.6 is 27.3 Å². The zero-order valence-corrected chi connectivity index (χ0v) is 11.8. The van der Waals surface area contributed by atoms with Crippen LogP contribution in [0.3, 0.4) is 0 Å². The van der Waals surface area contributed by atoms with Gasteiger partial charge in [-0.1, -0.05) is 6.92 Å². The van der Waals surface area contributed by atoms with Gasteiger partial charge in [-0.05, 0) is 39.9 Å². The lowest BCUT2D eigenvalue weighted by Crippen LogP contribution is -2.16. The standard InChI is InChI=1S/C12H13BrN2OS/c1-2-4-15-7-9(13)6-11(15)12(16)14-10-3-5-17-8-10/h3,5-8H,2,4H2,1H3,(H,14,16). The van der Waals surface area contributed by atoms with Gasteiger partial charge in [0.1, 0.15) is 5.69 Å². The summed E-state index contributed by atoms with van der Waals surface area (Å²) in [5.41, 5.74) is 1.53. The third kappa shape index (κ3) is 2.98. The van der Waals surface area contributed by atoms with E-state index in [1.807, 2.05) is 33.7 Å². The molecule has 90 valence electrons. The van der Waals surface area contributed by atoms with Gasteiger partial charge in [-0.3, -0.25) is 4.79 Å². The molecule has 0 saturated carbocycles. The lowest BCUT2D eigenvalue weighted by atomic mass is 10.3. The first-order chi connectivity index (χ1) is 8.20. The Balaban J connectivity index is 2.18. The zero-order valence-electron chi connectivity index (χ0n) is 9.44. The SMILES string of the molecule is CCCn1cc(Br)cc1C(=O)Nc1ccsc1. The number of aryl methyl sites for hydroxylation is 1. The first-order valence-corrected chi connectivity index (χ1v) is 7.13. The normalized spacial score (nSPS) is 10.5. The van der Waals surface area contributed by atoms with Crippen molar-refractivity contribution in [1.82, 2.24) is 4.57 Å². The van der Waals surface area contributed by atoms with E-state index in [1.165, 1.54) is 0 Å². The molecule has 0 radical (unpaired) electrons. The molecule has 2 aromatic heterocycles. The number of rotatable bonds is 4. The number of nitrogens with one attached hydrogen (secondary N) is 1. The maximum Gasteiger partial charge on any atom is 0.272 e. The Kier molecular flexibility index (Phi) is 4.02. The van der Waals surface area contributed by atoms with E-state index in [1.54, 1.807) is 11.3 Å². The Morgan fingerprint density at radius 1 is 1.59 bits per heavy atom. The maximum atomic E-state index is 12.1. The topological polar surface area (TPSA) is 34.0 Å². The molecule has 0 aliphatic rings. The van der Waals surface area contributed by atoms with Gasteiger partial charge in [0.25, 0.3) is 5.91 Å². The minimum absolute atomic E-state index is 0.0671. The molecule has 3 nitrogen and oxygen atoms in total. The van der Waals surface area contributed by atoms with E-state index in [9.17, 15) is 4.79 Å². The maximum absolute atomic E-state index is 12.1. The quantitative estimate of drug-likeness (QED) is 0.910. The molecular weight excluding hydrogens is 300 g/mol. The van der Waals surface area contributed by atoms with E-state index in [-0.39, 0.29) is 5.91 Å². The van der Waals surface area contributed by atoms with Crippen LogP contribution in [-0.2, 0) is 6.54 Å². The molecule has 0 atom stereocenters. The lowest BCUT2D eigenvalue weighted by Gasteiger charge is -2.07. The Bertz CT molecular complexity index is 505. The fourth-order valence-corrected chi connectivity index (χ4v) is 2.67. The van der Waals surface area contributed by atoms with Gasteiger partial charge in [-0.15, -0.1) is 0 Å². The number of anilines is 1. The van der Waals surface area contributed by atoms with Gasteiger partial charge >= 0.3 is 0 Å². The second kappa shape index (κ2) is 5.51. The van der Waals surface area contributed by atoms with Gasteiger partial charge in [-0.25, -0.2) is 0 Å². The van der Waals surface area contributed by atoms with Gasteiger partial charge in [0.15, 0.2) is 0 Å². The zero-order chi connectivity index (χ0) is 12.3. The molecule has 0 fully saturated rings. The predicted molar refractivity (Wildman–Crippen MR) is 74.7 cm³/mol. The summed E-state index contributed by atoms with van der Waals surface area (Å²) in [6.07, 6.45) is 2.94. The van der Waals surface area contributed by atoms with Crippen molar-refractivity contribution >= 4 is 38.9 Å². The summed E-state index contributed by atoms with van der Waals surface area (Å²) in [5.74, 6) is -0.0671. The number of hydrogen-bond donors (Lipinski definition) is 1. The number of hydrogen-bond acceptors (Lipinski definition) is 2. The van der Waals surface area contributed by atoms with E-state index in [0.29, 0.717) is 5.69 Å². The Morgan fingerprint density at radius 2 is 2.41 bits per heavy atom. The van der Waals surface area contributed by atoms with Crippen molar-refractivity contribution in [3.8, 4) is 0 Å². The van der Waals surface area contributed by atoms with Crippen LogP contribution < -0.4 is 5.32 Å². The van der Waals surface area contributed by atoms with Crippen LogP contribution in [0.1, 0.15) is 23.8 Å². The second-order valence-corrected chi connectivity index (χ2v) is 5.40. The number of carbonyl (C=O) groups is 1. The molecule has 1 N–H and O–H groups in total. The number of thiophene rings is 1. The number of halogens is 1. The number of nitrogens with zero attached hydrogens (tertiary/aromatic N) is 1. The summed E-state index contributed by atoms with van der Waals surface area (Å²) in [6, 6.07) is 3.74. The van der Waals surface area contributed by atoms with Gasteiger partial charge in [0.2, 0.25) is 0 Å². The molecule has 2 aromatic rings. The lowest BCUT2D eigenvalue weighted by molar-refractivity contribution is 0.101. The van der Waals surface area contributed by atoms with E-state index in [0.717, 1.165) is 23.1 Å². The van der Waals surface area contributed by atoms with Crippen LogP contribution in [0.25, 0.3) is 0 Å². The van der Waals surface area contributed by atoms with Crippen LogP contribution in [0.2, 0.25) is 0 Å². The number of aromatic nitrogens is 1. The number of amides is 1.